The van der Waals surface area contributed by atoms with Gasteiger partial charge in [-0.25, -0.2) is 4.68 Å². The fourth-order valence-corrected chi connectivity index (χ4v) is 2.99. The summed E-state index contributed by atoms with van der Waals surface area (Å²) >= 11 is 0. The van der Waals surface area contributed by atoms with E-state index < -0.39 is 16.7 Å². The number of furan rings is 1. The number of carbonyl (C=O) groups is 1. The monoisotopic (exact) mass is 405 g/mol. The van der Waals surface area contributed by atoms with E-state index in [1.807, 2.05) is 6.07 Å². The summed E-state index contributed by atoms with van der Waals surface area (Å²) in [6.07, 6.45) is 1.63. The van der Waals surface area contributed by atoms with Gasteiger partial charge in [0.1, 0.15) is 4.92 Å². The molecule has 150 valence electrons. The number of aromatic nitrogens is 3. The van der Waals surface area contributed by atoms with Crippen molar-refractivity contribution < 1.29 is 14.1 Å². The highest BCUT2D eigenvalue weighted by molar-refractivity contribution is 5.92. The molecular weight excluding hydrogens is 390 g/mol. The summed E-state index contributed by atoms with van der Waals surface area (Å²) in [6, 6.07) is 14.7. The largest absolute Gasteiger partial charge is 0.433 e. The molecule has 0 fully saturated rings. The average molecular weight is 405 g/mol. The first-order valence-electron chi connectivity index (χ1n) is 8.94. The normalized spacial score (nSPS) is 10.8. The van der Waals surface area contributed by atoms with Crippen LogP contribution < -0.4 is 10.9 Å². The second kappa shape index (κ2) is 7.95. The number of amides is 1. The quantitative estimate of drug-likeness (QED) is 0.384. The summed E-state index contributed by atoms with van der Waals surface area (Å²) in [6.45, 7) is 0.173. The van der Waals surface area contributed by atoms with Crippen LogP contribution in [0.4, 0.5) is 5.88 Å². The third-order valence-electron chi connectivity index (χ3n) is 4.39. The number of benzene rings is 1. The minimum absolute atomic E-state index is 0.00363. The van der Waals surface area contributed by atoms with Crippen molar-refractivity contribution in [3.8, 4) is 0 Å². The molecular formula is C20H15N5O5. The van der Waals surface area contributed by atoms with Gasteiger partial charge in [-0.3, -0.25) is 24.7 Å². The maximum Gasteiger partial charge on any atom is 0.433 e. The van der Waals surface area contributed by atoms with Crippen LogP contribution in [0.2, 0.25) is 0 Å². The number of hydrogen-bond acceptors (Lipinski definition) is 7. The average Bonchev–Trinajstić information content (AvgIpc) is 3.26. The molecule has 30 heavy (non-hydrogen) atoms. The summed E-state index contributed by atoms with van der Waals surface area (Å²) in [4.78, 5) is 39.3. The molecule has 0 aliphatic carbocycles. The van der Waals surface area contributed by atoms with Gasteiger partial charge in [0.25, 0.3) is 11.5 Å². The van der Waals surface area contributed by atoms with Crippen LogP contribution in [0, 0.1) is 10.1 Å². The number of nitro groups is 1. The highest BCUT2D eigenvalue weighted by Gasteiger charge is 2.18. The topological polar surface area (TPSA) is 133 Å². The molecule has 10 heteroatoms. The highest BCUT2D eigenvalue weighted by Crippen LogP contribution is 2.17. The molecule has 1 amide bonds. The number of nitrogens with one attached hydrogen (secondary N) is 1. The predicted octanol–water partition coefficient (Wildman–Crippen LogP) is 2.27. The van der Waals surface area contributed by atoms with Crippen LogP contribution in [0.3, 0.4) is 0 Å². The zero-order valence-corrected chi connectivity index (χ0v) is 15.5. The van der Waals surface area contributed by atoms with Gasteiger partial charge in [0.15, 0.2) is 5.76 Å². The molecule has 3 aromatic heterocycles. The summed E-state index contributed by atoms with van der Waals surface area (Å²) in [5.41, 5.74) is 0.865. The Morgan fingerprint density at radius 3 is 2.57 bits per heavy atom. The molecule has 1 aromatic carbocycles. The number of fused-ring (bicyclic) bond motifs is 1. The summed E-state index contributed by atoms with van der Waals surface area (Å²) in [7, 11) is 0. The second-order valence-electron chi connectivity index (χ2n) is 6.35. The zero-order valence-electron chi connectivity index (χ0n) is 15.5. The summed E-state index contributed by atoms with van der Waals surface area (Å²) in [5, 5.41) is 18.8. The van der Waals surface area contributed by atoms with Crippen LogP contribution in [0.1, 0.15) is 21.9 Å². The molecule has 1 N–H and O–H groups in total. The van der Waals surface area contributed by atoms with E-state index in [0.717, 1.165) is 6.07 Å². The molecule has 0 bridgehead atoms. The van der Waals surface area contributed by atoms with Crippen molar-refractivity contribution in [2.24, 2.45) is 0 Å². The van der Waals surface area contributed by atoms with Gasteiger partial charge in [-0.05, 0) is 24.3 Å². The molecule has 0 aliphatic heterocycles. The third-order valence-corrected chi connectivity index (χ3v) is 4.39. The Hall–Kier alpha value is -4.34. The van der Waals surface area contributed by atoms with Crippen molar-refractivity contribution >= 4 is 22.6 Å². The molecule has 0 spiro atoms. The number of carbonyl (C=O) groups excluding carboxylic acids is 1. The minimum atomic E-state index is -0.723. The van der Waals surface area contributed by atoms with E-state index in [-0.39, 0.29) is 24.4 Å². The standard InChI is InChI=1S/C20H15N5O5/c26-19(17-8-9-18(30-17)25(28)29)22-11-16-14-6-1-2-7-15(14)20(27)24(23-16)12-13-5-3-4-10-21-13/h1-10H,11-12H2,(H,22,26). The zero-order chi connectivity index (χ0) is 21.1. The van der Waals surface area contributed by atoms with Gasteiger partial charge in [-0.1, -0.05) is 24.3 Å². The molecule has 0 saturated heterocycles. The Morgan fingerprint density at radius 1 is 1.10 bits per heavy atom. The number of hydrogen-bond donors (Lipinski definition) is 1. The van der Waals surface area contributed by atoms with E-state index in [1.165, 1.54) is 10.7 Å². The van der Waals surface area contributed by atoms with Gasteiger partial charge in [-0.2, -0.15) is 5.10 Å². The van der Waals surface area contributed by atoms with Crippen LogP contribution in [0.15, 0.2) is 70.0 Å². The van der Waals surface area contributed by atoms with E-state index in [0.29, 0.717) is 22.2 Å². The van der Waals surface area contributed by atoms with Crippen LogP contribution >= 0.6 is 0 Å². The summed E-state index contributed by atoms with van der Waals surface area (Å²) < 4.78 is 6.21. The highest BCUT2D eigenvalue weighted by atomic mass is 16.6. The lowest BCUT2D eigenvalue weighted by atomic mass is 10.1. The smallest absolute Gasteiger partial charge is 0.395 e. The van der Waals surface area contributed by atoms with E-state index in [2.05, 4.69) is 15.4 Å². The van der Waals surface area contributed by atoms with Gasteiger partial charge in [0, 0.05) is 11.6 Å². The SMILES string of the molecule is O=C(NCc1nn(Cc2ccccn2)c(=O)c2ccccc12)c1ccc([N+](=O)[O-])o1. The Balaban J connectivity index is 1.64. The van der Waals surface area contributed by atoms with Crippen molar-refractivity contribution in [1.29, 1.82) is 0 Å². The Kier molecular flexibility index (Phi) is 5.04. The molecule has 4 aromatic rings. The van der Waals surface area contributed by atoms with E-state index >= 15 is 0 Å². The van der Waals surface area contributed by atoms with Crippen LogP contribution in [0.25, 0.3) is 10.8 Å². The second-order valence-corrected chi connectivity index (χ2v) is 6.35. The molecule has 0 aliphatic rings. The minimum Gasteiger partial charge on any atom is -0.395 e. The number of pyridine rings is 1. The van der Waals surface area contributed by atoms with E-state index in [1.54, 1.807) is 42.6 Å². The maximum absolute atomic E-state index is 12.8. The molecule has 0 unspecified atom stereocenters. The maximum atomic E-state index is 12.8. The van der Waals surface area contributed by atoms with E-state index in [4.69, 9.17) is 4.42 Å². The third kappa shape index (κ3) is 3.78. The first kappa shape index (κ1) is 19.0. The number of rotatable bonds is 6. The molecule has 0 saturated carbocycles. The summed E-state index contributed by atoms with van der Waals surface area (Å²) in [5.74, 6) is -1.34. The van der Waals surface area contributed by atoms with Crippen molar-refractivity contribution in [2.75, 3.05) is 0 Å². The fourth-order valence-electron chi connectivity index (χ4n) is 2.99. The van der Waals surface area contributed by atoms with Gasteiger partial charge < -0.3 is 9.73 Å². The van der Waals surface area contributed by atoms with Crippen molar-refractivity contribution in [3.05, 3.63) is 98.4 Å². The lowest BCUT2D eigenvalue weighted by Gasteiger charge is -2.11. The van der Waals surface area contributed by atoms with Crippen LogP contribution in [-0.4, -0.2) is 25.6 Å². The predicted molar refractivity (Wildman–Crippen MR) is 106 cm³/mol. The van der Waals surface area contributed by atoms with E-state index in [9.17, 15) is 19.7 Å². The Bertz CT molecular complexity index is 1300. The van der Waals surface area contributed by atoms with Gasteiger partial charge in [0.05, 0.1) is 35.9 Å². The first-order valence-corrected chi connectivity index (χ1v) is 8.94. The first-order chi connectivity index (χ1) is 14.5. The van der Waals surface area contributed by atoms with Crippen molar-refractivity contribution in [2.45, 2.75) is 13.1 Å². The number of nitrogens with zero attached hydrogens (tertiary/aromatic N) is 4. The molecule has 10 nitrogen and oxygen atoms in total. The molecule has 4 rings (SSSR count). The molecule has 0 atom stereocenters. The van der Waals surface area contributed by atoms with Crippen LogP contribution in [-0.2, 0) is 13.1 Å². The van der Waals surface area contributed by atoms with Gasteiger partial charge in [0.2, 0.25) is 0 Å². The van der Waals surface area contributed by atoms with Gasteiger partial charge >= 0.3 is 5.88 Å². The lowest BCUT2D eigenvalue weighted by molar-refractivity contribution is -0.402. The van der Waals surface area contributed by atoms with Crippen molar-refractivity contribution in [1.82, 2.24) is 20.1 Å². The molecule has 0 radical (unpaired) electrons. The van der Waals surface area contributed by atoms with Crippen molar-refractivity contribution in [3.63, 3.8) is 0 Å². The Morgan fingerprint density at radius 2 is 1.87 bits per heavy atom. The lowest BCUT2D eigenvalue weighted by Crippen LogP contribution is -2.29. The van der Waals surface area contributed by atoms with Crippen LogP contribution in [0.5, 0.6) is 0 Å². The Labute approximate surface area is 168 Å². The fraction of sp³-hybridized carbons (Fsp3) is 0.100. The molecule has 3 heterocycles. The van der Waals surface area contributed by atoms with Gasteiger partial charge in [-0.15, -0.1) is 0 Å².